The van der Waals surface area contributed by atoms with Crippen LogP contribution < -0.4 is 0 Å². The van der Waals surface area contributed by atoms with E-state index in [0.29, 0.717) is 18.8 Å². The summed E-state index contributed by atoms with van der Waals surface area (Å²) in [5, 5.41) is 0. The number of ether oxygens (including phenoxy) is 1. The van der Waals surface area contributed by atoms with Crippen LogP contribution >= 0.6 is 0 Å². The first-order valence-electron chi connectivity index (χ1n) is 7.14. The van der Waals surface area contributed by atoms with Gasteiger partial charge in [-0.3, -0.25) is 12.5 Å². The minimum atomic E-state index is -4.14. The van der Waals surface area contributed by atoms with Gasteiger partial charge >= 0.3 is 5.97 Å². The summed E-state index contributed by atoms with van der Waals surface area (Å²) >= 11 is 0. The highest BCUT2D eigenvalue weighted by molar-refractivity contribution is 7.86. The largest absolute Gasteiger partial charge is 0.463 e. The summed E-state index contributed by atoms with van der Waals surface area (Å²) in [5.74, 6) is -0.852. The summed E-state index contributed by atoms with van der Waals surface area (Å²) in [4.78, 5) is 12.0. The second-order valence-electron chi connectivity index (χ2n) is 5.49. The molecule has 0 aromatic rings. The Morgan fingerprint density at radius 2 is 1.46 bits per heavy atom. The zero-order chi connectivity index (χ0) is 20.3. The van der Waals surface area contributed by atoms with E-state index in [1.807, 2.05) is 0 Å². The van der Waals surface area contributed by atoms with Crippen molar-refractivity contribution in [3.05, 3.63) is 11.6 Å². The second kappa shape index (κ2) is 8.31. The van der Waals surface area contributed by atoms with Crippen LogP contribution in [-0.4, -0.2) is 74.9 Å². The highest BCUT2D eigenvalue weighted by atomic mass is 32.2. The zero-order valence-corrected chi connectivity index (χ0v) is 16.9. The molecule has 1 aliphatic rings. The lowest BCUT2D eigenvalue weighted by molar-refractivity contribution is -0.139. The molecule has 1 rings (SSSR count). The maximum Gasteiger partial charge on any atom is 0.333 e. The number of carbonyl (C=O) groups is 1. The molecule has 26 heavy (non-hydrogen) atoms. The molecule has 0 aliphatic heterocycles. The van der Waals surface area contributed by atoms with Crippen molar-refractivity contribution in [2.75, 3.05) is 25.4 Å². The molecule has 0 N–H and O–H groups in total. The maximum atomic E-state index is 12.0. The summed E-state index contributed by atoms with van der Waals surface area (Å²) < 4.78 is 88.0. The molecule has 11 nitrogen and oxygen atoms in total. The minimum absolute atomic E-state index is 0.00857. The molecule has 0 radical (unpaired) electrons. The van der Waals surface area contributed by atoms with E-state index in [2.05, 4.69) is 0 Å². The first kappa shape index (κ1) is 23.0. The first-order chi connectivity index (χ1) is 11.6. The SMILES string of the molecule is CCOC(=O)C1=C[C@@H](OS(C)(=O)=O)[C@@H](OS(C)(=O)=O)C(OS(C)(=O)=O)C1. The minimum Gasteiger partial charge on any atom is -0.463 e. The van der Waals surface area contributed by atoms with Crippen LogP contribution in [0.2, 0.25) is 0 Å². The topological polar surface area (TPSA) is 156 Å². The molecule has 1 unspecified atom stereocenters. The molecular formula is C12H20O11S3. The molecule has 14 heteroatoms. The molecule has 1 aliphatic carbocycles. The van der Waals surface area contributed by atoms with E-state index in [0.717, 1.165) is 6.08 Å². The Labute approximate surface area is 152 Å². The second-order valence-corrected chi connectivity index (χ2v) is 10.3. The van der Waals surface area contributed by atoms with Gasteiger partial charge in [-0.2, -0.15) is 25.3 Å². The summed E-state index contributed by atoms with van der Waals surface area (Å²) in [6.07, 6.45) is -2.11. The highest BCUT2D eigenvalue weighted by Gasteiger charge is 2.43. The Bertz CT molecular complexity index is 867. The lowest BCUT2D eigenvalue weighted by atomic mass is 9.92. The van der Waals surface area contributed by atoms with Crippen LogP contribution in [0.25, 0.3) is 0 Å². The standard InChI is InChI=1S/C12H20O11S3/c1-5-20-12(13)8-6-9(21-24(2,14)15)11(23-26(4,18)19)10(7-8)22-25(3,16)17/h6,9-11H,5,7H2,1-4H3/t9-,10?,11-/m1/s1. The quantitative estimate of drug-likeness (QED) is 0.336. The average molecular weight is 436 g/mol. The summed E-state index contributed by atoms with van der Waals surface area (Å²) in [5.41, 5.74) is -0.137. The van der Waals surface area contributed by atoms with Crippen molar-refractivity contribution in [1.29, 1.82) is 0 Å². The number of esters is 1. The summed E-state index contributed by atoms with van der Waals surface area (Å²) in [6, 6.07) is 0. The highest BCUT2D eigenvalue weighted by Crippen LogP contribution is 2.30. The van der Waals surface area contributed by atoms with E-state index < -0.39 is 61.1 Å². The van der Waals surface area contributed by atoms with Gasteiger partial charge in [0.15, 0.2) is 0 Å². The molecule has 0 heterocycles. The molecular weight excluding hydrogens is 416 g/mol. The lowest BCUT2D eigenvalue weighted by Crippen LogP contribution is -2.48. The fraction of sp³-hybridized carbons (Fsp3) is 0.750. The van der Waals surface area contributed by atoms with E-state index in [1.54, 1.807) is 0 Å². The zero-order valence-electron chi connectivity index (χ0n) is 14.4. The van der Waals surface area contributed by atoms with Crippen LogP contribution in [0.5, 0.6) is 0 Å². The molecule has 0 saturated carbocycles. The van der Waals surface area contributed by atoms with Gasteiger partial charge in [0.1, 0.15) is 18.3 Å². The van der Waals surface area contributed by atoms with Gasteiger partial charge in [0.2, 0.25) is 0 Å². The lowest BCUT2D eigenvalue weighted by Gasteiger charge is -2.33. The van der Waals surface area contributed by atoms with Crippen molar-refractivity contribution in [3.8, 4) is 0 Å². The summed E-state index contributed by atoms with van der Waals surface area (Å²) in [7, 11) is -12.4. The third kappa shape index (κ3) is 8.09. The Kier molecular flexibility index (Phi) is 7.34. The predicted molar refractivity (Wildman–Crippen MR) is 88.5 cm³/mol. The number of hydrogen-bond acceptors (Lipinski definition) is 11. The van der Waals surface area contributed by atoms with Crippen molar-refractivity contribution in [3.63, 3.8) is 0 Å². The van der Waals surface area contributed by atoms with Gasteiger partial charge in [0, 0.05) is 12.0 Å². The van der Waals surface area contributed by atoms with Gasteiger partial charge in [0.25, 0.3) is 30.4 Å². The van der Waals surface area contributed by atoms with Crippen molar-refractivity contribution in [2.45, 2.75) is 31.7 Å². The molecule has 0 aromatic carbocycles. The van der Waals surface area contributed by atoms with Gasteiger partial charge in [-0.15, -0.1) is 0 Å². The van der Waals surface area contributed by atoms with Crippen LogP contribution in [0.4, 0.5) is 0 Å². The van der Waals surface area contributed by atoms with Gasteiger partial charge in [-0.25, -0.2) is 4.79 Å². The number of carbonyl (C=O) groups excluding carboxylic acids is 1. The van der Waals surface area contributed by atoms with Crippen LogP contribution in [-0.2, 0) is 52.4 Å². The smallest absolute Gasteiger partial charge is 0.333 e. The van der Waals surface area contributed by atoms with Gasteiger partial charge in [-0.05, 0) is 13.0 Å². The summed E-state index contributed by atoms with van der Waals surface area (Å²) in [6.45, 7) is 1.54. The molecule has 152 valence electrons. The average Bonchev–Trinajstić information content (AvgIpc) is 2.37. The molecule has 0 fully saturated rings. The monoisotopic (exact) mass is 436 g/mol. The molecule has 0 bridgehead atoms. The third-order valence-corrected chi connectivity index (χ3v) is 4.62. The van der Waals surface area contributed by atoms with Crippen molar-refractivity contribution in [1.82, 2.24) is 0 Å². The van der Waals surface area contributed by atoms with E-state index in [4.69, 9.17) is 17.3 Å². The normalized spacial score (nSPS) is 24.8. The van der Waals surface area contributed by atoms with Gasteiger partial charge in [0.05, 0.1) is 25.4 Å². The van der Waals surface area contributed by atoms with Gasteiger partial charge < -0.3 is 4.74 Å². The molecule has 0 aromatic heterocycles. The van der Waals surface area contributed by atoms with Crippen molar-refractivity contribution < 1.29 is 47.3 Å². The van der Waals surface area contributed by atoms with E-state index >= 15 is 0 Å². The fourth-order valence-electron chi connectivity index (χ4n) is 2.20. The first-order valence-corrected chi connectivity index (χ1v) is 12.6. The molecule has 3 atom stereocenters. The van der Waals surface area contributed by atoms with E-state index in [-0.39, 0.29) is 12.2 Å². The van der Waals surface area contributed by atoms with Crippen LogP contribution in [0.15, 0.2) is 11.6 Å². The van der Waals surface area contributed by atoms with Crippen LogP contribution in [0, 0.1) is 0 Å². The van der Waals surface area contributed by atoms with Crippen molar-refractivity contribution >= 4 is 36.3 Å². The molecule has 0 saturated heterocycles. The Balaban J connectivity index is 3.41. The number of hydrogen-bond donors (Lipinski definition) is 0. The molecule has 0 spiro atoms. The maximum absolute atomic E-state index is 12.0. The molecule has 0 amide bonds. The predicted octanol–water partition coefficient (Wildman–Crippen LogP) is -1.09. The van der Waals surface area contributed by atoms with Crippen LogP contribution in [0.1, 0.15) is 13.3 Å². The van der Waals surface area contributed by atoms with Crippen molar-refractivity contribution in [2.24, 2.45) is 0 Å². The van der Waals surface area contributed by atoms with E-state index in [9.17, 15) is 30.0 Å². The Hall–Kier alpha value is -1.06. The van der Waals surface area contributed by atoms with Gasteiger partial charge in [-0.1, -0.05) is 0 Å². The third-order valence-electron chi connectivity index (χ3n) is 2.88. The Morgan fingerprint density at radius 1 is 0.962 bits per heavy atom. The fourth-order valence-corrected chi connectivity index (χ4v) is 4.03. The van der Waals surface area contributed by atoms with Crippen LogP contribution in [0.3, 0.4) is 0 Å². The van der Waals surface area contributed by atoms with E-state index in [1.165, 1.54) is 6.92 Å². The Morgan fingerprint density at radius 3 is 1.88 bits per heavy atom. The number of rotatable bonds is 8.